The Labute approximate surface area is 149 Å². The van der Waals surface area contributed by atoms with E-state index < -0.39 is 37.6 Å². The van der Waals surface area contributed by atoms with E-state index in [1.165, 1.54) is 0 Å². The molecule has 5 atom stereocenters. The molecule has 0 aromatic rings. The topological polar surface area (TPSA) is 138 Å². The fourth-order valence-electron chi connectivity index (χ4n) is 1.72. The third-order valence-electron chi connectivity index (χ3n) is 3.20. The molecule has 0 aliphatic rings. The monoisotopic (exact) mass is 370 g/mol. The number of hydrogen-bond donors (Lipinski definition) is 5. The summed E-state index contributed by atoms with van der Waals surface area (Å²) in [5.74, 6) is 0. The minimum absolute atomic E-state index is 0.0476. The smallest absolute Gasteiger partial charge is 0.104 e. The van der Waals surface area contributed by atoms with Crippen LogP contribution in [0, 0.1) is 0 Å². The summed E-state index contributed by atoms with van der Waals surface area (Å²) in [7, 11) is 0. The van der Waals surface area contributed by atoms with Crippen LogP contribution in [0.25, 0.3) is 0 Å². The molecule has 0 rings (SSSR count). The second-order valence-electron chi connectivity index (χ2n) is 5.92. The van der Waals surface area contributed by atoms with Crippen LogP contribution in [0.4, 0.5) is 0 Å². The first-order valence-electron chi connectivity index (χ1n) is 8.57. The largest absolute Gasteiger partial charge is 0.394 e. The molecule has 0 fully saturated rings. The SMILES string of the molecule is CCC(COCC(COCC(O)CO)OCC(O)CO)OCC(C)O. The van der Waals surface area contributed by atoms with Crippen LogP contribution in [0.2, 0.25) is 0 Å². The molecule has 0 aliphatic heterocycles. The molecule has 0 amide bonds. The molecule has 0 saturated heterocycles. The number of aliphatic hydroxyl groups is 5. The van der Waals surface area contributed by atoms with Crippen molar-refractivity contribution in [2.24, 2.45) is 0 Å². The molecule has 0 radical (unpaired) electrons. The molecule has 0 heterocycles. The van der Waals surface area contributed by atoms with Crippen LogP contribution in [-0.2, 0) is 18.9 Å². The first-order valence-corrected chi connectivity index (χ1v) is 8.57. The van der Waals surface area contributed by atoms with Gasteiger partial charge in [-0.15, -0.1) is 0 Å². The average Bonchev–Trinajstić information content (AvgIpc) is 2.60. The second kappa shape index (κ2) is 15.9. The Morgan fingerprint density at radius 2 is 1.16 bits per heavy atom. The average molecular weight is 370 g/mol. The summed E-state index contributed by atoms with van der Waals surface area (Å²) in [4.78, 5) is 0. The fraction of sp³-hybridized carbons (Fsp3) is 1.00. The molecule has 0 aliphatic carbocycles. The van der Waals surface area contributed by atoms with Crippen molar-refractivity contribution in [3.05, 3.63) is 0 Å². The molecule has 9 heteroatoms. The van der Waals surface area contributed by atoms with Crippen molar-refractivity contribution in [3.8, 4) is 0 Å². The van der Waals surface area contributed by atoms with Gasteiger partial charge in [0.2, 0.25) is 0 Å². The van der Waals surface area contributed by atoms with Crippen LogP contribution < -0.4 is 0 Å². The van der Waals surface area contributed by atoms with Gasteiger partial charge in [-0.05, 0) is 13.3 Å². The molecule has 5 unspecified atom stereocenters. The van der Waals surface area contributed by atoms with Crippen molar-refractivity contribution >= 4 is 0 Å². The first-order chi connectivity index (χ1) is 11.9. The lowest BCUT2D eigenvalue weighted by Gasteiger charge is -2.22. The maximum absolute atomic E-state index is 9.36. The van der Waals surface area contributed by atoms with E-state index in [-0.39, 0.29) is 39.1 Å². The molecule has 0 aromatic carbocycles. The number of ether oxygens (including phenoxy) is 4. The predicted octanol–water partition coefficient (Wildman–Crippen LogP) is -1.71. The summed E-state index contributed by atoms with van der Waals surface area (Å²) in [5, 5.41) is 45.4. The van der Waals surface area contributed by atoms with Crippen molar-refractivity contribution in [1.29, 1.82) is 0 Å². The van der Waals surface area contributed by atoms with Gasteiger partial charge in [-0.2, -0.15) is 0 Å². The lowest BCUT2D eigenvalue weighted by Crippen LogP contribution is -2.33. The number of aliphatic hydroxyl groups excluding tert-OH is 5. The quantitative estimate of drug-likeness (QED) is 0.202. The summed E-state index contributed by atoms with van der Waals surface area (Å²) in [6.07, 6.45) is -2.46. The van der Waals surface area contributed by atoms with Gasteiger partial charge in [0.15, 0.2) is 0 Å². The van der Waals surface area contributed by atoms with E-state index in [9.17, 15) is 15.3 Å². The zero-order valence-electron chi connectivity index (χ0n) is 15.1. The Morgan fingerprint density at radius 3 is 1.68 bits per heavy atom. The van der Waals surface area contributed by atoms with Gasteiger partial charge in [0, 0.05) is 0 Å². The Balaban J connectivity index is 4.20. The highest BCUT2D eigenvalue weighted by Crippen LogP contribution is 2.03. The van der Waals surface area contributed by atoms with Gasteiger partial charge in [-0.25, -0.2) is 0 Å². The van der Waals surface area contributed by atoms with Crippen LogP contribution in [0.3, 0.4) is 0 Å². The van der Waals surface area contributed by atoms with Crippen molar-refractivity contribution in [1.82, 2.24) is 0 Å². The summed E-state index contributed by atoms with van der Waals surface area (Å²) in [6.45, 7) is 3.45. The normalized spacial score (nSPS) is 17.9. The predicted molar refractivity (Wildman–Crippen MR) is 89.3 cm³/mol. The second-order valence-corrected chi connectivity index (χ2v) is 5.92. The summed E-state index contributed by atoms with van der Waals surface area (Å²) < 4.78 is 21.8. The zero-order chi connectivity index (χ0) is 19.1. The zero-order valence-corrected chi connectivity index (χ0v) is 15.1. The maximum Gasteiger partial charge on any atom is 0.104 e. The van der Waals surface area contributed by atoms with Crippen LogP contribution in [-0.4, -0.2) is 109 Å². The molecule has 0 aromatic heterocycles. The third kappa shape index (κ3) is 14.5. The fourth-order valence-corrected chi connectivity index (χ4v) is 1.72. The van der Waals surface area contributed by atoms with Gasteiger partial charge in [-0.1, -0.05) is 6.92 Å². The summed E-state index contributed by atoms with van der Waals surface area (Å²) in [5.41, 5.74) is 0. The van der Waals surface area contributed by atoms with Crippen molar-refractivity contribution in [2.45, 2.75) is 50.8 Å². The van der Waals surface area contributed by atoms with Crippen molar-refractivity contribution in [2.75, 3.05) is 52.9 Å². The molecule has 0 saturated carbocycles. The van der Waals surface area contributed by atoms with Crippen LogP contribution in [0.5, 0.6) is 0 Å². The Kier molecular flexibility index (Phi) is 15.6. The van der Waals surface area contributed by atoms with E-state index in [1.807, 2.05) is 6.92 Å². The molecular formula is C16H34O9. The van der Waals surface area contributed by atoms with E-state index in [1.54, 1.807) is 6.92 Å². The highest BCUT2D eigenvalue weighted by atomic mass is 16.6. The van der Waals surface area contributed by atoms with E-state index >= 15 is 0 Å². The third-order valence-corrected chi connectivity index (χ3v) is 3.20. The molecule has 9 nitrogen and oxygen atoms in total. The van der Waals surface area contributed by atoms with E-state index in [0.29, 0.717) is 6.61 Å². The molecule has 152 valence electrons. The molecule has 5 N–H and O–H groups in total. The maximum atomic E-state index is 9.36. The number of rotatable bonds is 17. The number of hydrogen-bond acceptors (Lipinski definition) is 9. The molecule has 0 spiro atoms. The minimum Gasteiger partial charge on any atom is -0.394 e. The van der Waals surface area contributed by atoms with Gasteiger partial charge in [0.05, 0.1) is 65.1 Å². The van der Waals surface area contributed by atoms with E-state index in [4.69, 9.17) is 29.2 Å². The van der Waals surface area contributed by atoms with Gasteiger partial charge < -0.3 is 44.5 Å². The Bertz CT molecular complexity index is 291. The first kappa shape index (κ1) is 24.6. The van der Waals surface area contributed by atoms with Crippen LogP contribution >= 0.6 is 0 Å². The molecule has 25 heavy (non-hydrogen) atoms. The lowest BCUT2D eigenvalue weighted by molar-refractivity contribution is -0.110. The summed E-state index contributed by atoms with van der Waals surface area (Å²) in [6, 6.07) is 0. The minimum atomic E-state index is -0.997. The van der Waals surface area contributed by atoms with Crippen LogP contribution in [0.1, 0.15) is 20.3 Å². The Hall–Kier alpha value is -0.360. The van der Waals surface area contributed by atoms with E-state index in [0.717, 1.165) is 6.42 Å². The van der Waals surface area contributed by atoms with Gasteiger partial charge in [0.1, 0.15) is 18.3 Å². The van der Waals surface area contributed by atoms with Gasteiger partial charge in [-0.3, -0.25) is 0 Å². The Morgan fingerprint density at radius 1 is 0.680 bits per heavy atom. The summed E-state index contributed by atoms with van der Waals surface area (Å²) >= 11 is 0. The van der Waals surface area contributed by atoms with Crippen molar-refractivity contribution < 1.29 is 44.5 Å². The van der Waals surface area contributed by atoms with Crippen LogP contribution in [0.15, 0.2) is 0 Å². The highest BCUT2D eigenvalue weighted by Gasteiger charge is 2.16. The van der Waals surface area contributed by atoms with Gasteiger partial charge in [0.25, 0.3) is 0 Å². The highest BCUT2D eigenvalue weighted by molar-refractivity contribution is 4.62. The molecular weight excluding hydrogens is 336 g/mol. The lowest BCUT2D eigenvalue weighted by atomic mass is 10.3. The van der Waals surface area contributed by atoms with Gasteiger partial charge >= 0.3 is 0 Å². The van der Waals surface area contributed by atoms with Crippen molar-refractivity contribution in [3.63, 3.8) is 0 Å². The molecule has 0 bridgehead atoms. The standard InChI is InChI=1S/C16H34O9/c1-3-15(24-6-12(2)19)9-23-11-16(25-8-14(21)5-18)10-22-7-13(20)4-17/h12-21H,3-11H2,1-2H3. The van der Waals surface area contributed by atoms with E-state index in [2.05, 4.69) is 0 Å².